The van der Waals surface area contributed by atoms with Crippen LogP contribution in [0.1, 0.15) is 43.9 Å². The van der Waals surface area contributed by atoms with Gasteiger partial charge in [-0.05, 0) is 60.9 Å². The molecule has 0 radical (unpaired) electrons. The van der Waals surface area contributed by atoms with Gasteiger partial charge in [0.25, 0.3) is 0 Å². The number of amides is 4. The van der Waals surface area contributed by atoms with Crippen molar-refractivity contribution in [1.82, 2.24) is 10.2 Å². The number of carbonyl (C=O) groups is 3. The maximum Gasteiger partial charge on any atom is 0.338 e. The van der Waals surface area contributed by atoms with E-state index in [2.05, 4.69) is 16.0 Å². The Hall–Kier alpha value is -4.30. The molecule has 0 fully saturated rings. The van der Waals surface area contributed by atoms with Gasteiger partial charge in [0.1, 0.15) is 0 Å². The fraction of sp³-hybridized carbons (Fsp3) is 0.233. The van der Waals surface area contributed by atoms with E-state index in [-0.39, 0.29) is 12.6 Å². The van der Waals surface area contributed by atoms with E-state index < -0.39 is 18.0 Å². The Morgan fingerprint density at radius 3 is 2.36 bits per heavy atom. The van der Waals surface area contributed by atoms with Crippen LogP contribution in [-0.2, 0) is 9.53 Å². The van der Waals surface area contributed by atoms with Crippen molar-refractivity contribution in [2.45, 2.75) is 32.7 Å². The number of unbranched alkanes of at least 4 members (excludes halogenated alkanes) is 1. The fourth-order valence-corrected chi connectivity index (χ4v) is 4.52. The van der Waals surface area contributed by atoms with Crippen LogP contribution in [0.15, 0.2) is 84.4 Å². The highest BCUT2D eigenvalue weighted by Crippen LogP contribution is 2.37. The molecule has 39 heavy (non-hydrogen) atoms. The van der Waals surface area contributed by atoms with Crippen LogP contribution in [0.3, 0.4) is 0 Å². The van der Waals surface area contributed by atoms with E-state index in [1.54, 1.807) is 60.4 Å². The minimum absolute atomic E-state index is 0.187. The number of rotatable bonds is 9. The van der Waals surface area contributed by atoms with Crippen molar-refractivity contribution >= 4 is 46.7 Å². The molecule has 0 bridgehead atoms. The number of ether oxygens (including phenoxy) is 1. The number of hydrogen-bond donors (Lipinski definition) is 3. The Balaban J connectivity index is 1.72. The first-order valence-electron chi connectivity index (χ1n) is 12.9. The number of nitrogens with one attached hydrogen (secondary N) is 3. The molecule has 0 unspecified atom stereocenters. The maximum absolute atomic E-state index is 13.4. The van der Waals surface area contributed by atoms with Crippen LogP contribution in [-0.4, -0.2) is 36.1 Å². The number of urea groups is 2. The van der Waals surface area contributed by atoms with Gasteiger partial charge < -0.3 is 20.7 Å². The summed E-state index contributed by atoms with van der Waals surface area (Å²) in [5.41, 5.74) is 3.30. The normalized spacial score (nSPS) is 15.0. The van der Waals surface area contributed by atoms with E-state index in [4.69, 9.17) is 16.3 Å². The molecule has 8 nitrogen and oxygen atoms in total. The first-order valence-corrected chi connectivity index (χ1v) is 13.3. The number of halogens is 1. The molecule has 4 rings (SSSR count). The third-order valence-electron chi connectivity index (χ3n) is 6.18. The smallest absolute Gasteiger partial charge is 0.338 e. The van der Waals surface area contributed by atoms with E-state index in [1.165, 1.54) is 0 Å². The van der Waals surface area contributed by atoms with E-state index >= 15 is 0 Å². The predicted octanol–water partition coefficient (Wildman–Crippen LogP) is 6.82. The molecular weight excluding hydrogens is 516 g/mol. The number of anilines is 2. The second-order valence-electron chi connectivity index (χ2n) is 8.95. The maximum atomic E-state index is 13.4. The molecule has 202 valence electrons. The van der Waals surface area contributed by atoms with Crippen LogP contribution in [0.2, 0.25) is 5.02 Å². The summed E-state index contributed by atoms with van der Waals surface area (Å²) in [6.45, 7) is 4.43. The van der Waals surface area contributed by atoms with Crippen LogP contribution in [0.5, 0.6) is 0 Å². The molecule has 1 atom stereocenters. The van der Waals surface area contributed by atoms with Gasteiger partial charge in [-0.25, -0.2) is 14.4 Å². The Labute approximate surface area is 233 Å². The third-order valence-corrected chi connectivity index (χ3v) is 6.44. The van der Waals surface area contributed by atoms with Gasteiger partial charge in [0.15, 0.2) is 0 Å². The molecule has 0 saturated heterocycles. The van der Waals surface area contributed by atoms with Crippen molar-refractivity contribution in [1.29, 1.82) is 0 Å². The molecule has 0 saturated carbocycles. The first-order chi connectivity index (χ1) is 18.9. The van der Waals surface area contributed by atoms with Gasteiger partial charge in [-0.1, -0.05) is 67.4 Å². The standard InChI is InChI=1S/C30H31ClN4O4/c1-3-5-18-35-27(20-10-7-6-8-11-20)25(28(36)39-4-2)26(34-30(35)38)21-12-9-13-24(19-21)33-29(37)32-23-16-14-22(31)15-17-23/h6-17,19,26H,3-5,18H2,1-2H3,(H,34,38)(H2,32,33,37)/t26-/m1/s1. The molecular formula is C30H31ClN4O4. The number of hydrogen-bond acceptors (Lipinski definition) is 4. The Kier molecular flexibility index (Phi) is 9.22. The average molecular weight is 547 g/mol. The number of carbonyl (C=O) groups excluding carboxylic acids is 3. The summed E-state index contributed by atoms with van der Waals surface area (Å²) >= 11 is 5.92. The number of benzene rings is 3. The first kappa shape index (κ1) is 27.7. The van der Waals surface area contributed by atoms with Crippen molar-refractivity contribution in [2.75, 3.05) is 23.8 Å². The molecule has 1 heterocycles. The van der Waals surface area contributed by atoms with Gasteiger partial charge in [0.05, 0.1) is 23.9 Å². The van der Waals surface area contributed by atoms with Gasteiger partial charge in [-0.3, -0.25) is 4.90 Å². The highest BCUT2D eigenvalue weighted by molar-refractivity contribution is 6.30. The summed E-state index contributed by atoms with van der Waals surface area (Å²) in [6.07, 6.45) is 1.66. The van der Waals surface area contributed by atoms with E-state index in [1.807, 2.05) is 37.3 Å². The summed E-state index contributed by atoms with van der Waals surface area (Å²) in [4.78, 5) is 41.1. The molecule has 0 aliphatic carbocycles. The predicted molar refractivity (Wildman–Crippen MR) is 153 cm³/mol. The van der Waals surface area contributed by atoms with Crippen molar-refractivity contribution in [3.8, 4) is 0 Å². The average Bonchev–Trinajstić information content (AvgIpc) is 2.93. The molecule has 0 spiro atoms. The van der Waals surface area contributed by atoms with Crippen LogP contribution in [0, 0.1) is 0 Å². The van der Waals surface area contributed by atoms with Gasteiger partial charge in [-0.15, -0.1) is 0 Å². The lowest BCUT2D eigenvalue weighted by molar-refractivity contribution is -0.138. The Bertz CT molecular complexity index is 1360. The molecule has 3 N–H and O–H groups in total. The molecule has 9 heteroatoms. The number of esters is 1. The lowest BCUT2D eigenvalue weighted by Crippen LogP contribution is -2.48. The van der Waals surface area contributed by atoms with Gasteiger partial charge in [-0.2, -0.15) is 0 Å². The highest BCUT2D eigenvalue weighted by Gasteiger charge is 2.38. The van der Waals surface area contributed by atoms with Crippen LogP contribution >= 0.6 is 11.6 Å². The van der Waals surface area contributed by atoms with Crippen LogP contribution in [0.4, 0.5) is 21.0 Å². The third kappa shape index (κ3) is 6.78. The van der Waals surface area contributed by atoms with Crippen molar-refractivity contribution in [3.05, 3.63) is 101 Å². The van der Waals surface area contributed by atoms with E-state index in [0.29, 0.717) is 39.8 Å². The zero-order valence-corrected chi connectivity index (χ0v) is 22.6. The lowest BCUT2D eigenvalue weighted by atomic mass is 9.91. The zero-order chi connectivity index (χ0) is 27.8. The Morgan fingerprint density at radius 2 is 1.67 bits per heavy atom. The minimum Gasteiger partial charge on any atom is -0.463 e. The molecule has 3 aromatic carbocycles. The fourth-order valence-electron chi connectivity index (χ4n) is 4.39. The van der Waals surface area contributed by atoms with Gasteiger partial charge >= 0.3 is 18.0 Å². The summed E-state index contributed by atoms with van der Waals surface area (Å²) in [6, 6.07) is 21.6. The van der Waals surface area contributed by atoms with Gasteiger partial charge in [0, 0.05) is 22.9 Å². The van der Waals surface area contributed by atoms with Crippen LogP contribution in [0.25, 0.3) is 5.70 Å². The topological polar surface area (TPSA) is 99.8 Å². The number of nitrogens with zero attached hydrogens (tertiary/aromatic N) is 1. The second-order valence-corrected chi connectivity index (χ2v) is 9.38. The molecule has 1 aliphatic rings. The van der Waals surface area contributed by atoms with Crippen molar-refractivity contribution in [2.24, 2.45) is 0 Å². The largest absolute Gasteiger partial charge is 0.463 e. The molecule has 4 amide bonds. The highest BCUT2D eigenvalue weighted by atomic mass is 35.5. The zero-order valence-electron chi connectivity index (χ0n) is 21.9. The van der Waals surface area contributed by atoms with Crippen molar-refractivity contribution < 1.29 is 19.1 Å². The van der Waals surface area contributed by atoms with Gasteiger partial charge in [0.2, 0.25) is 0 Å². The van der Waals surface area contributed by atoms with Crippen LogP contribution < -0.4 is 16.0 Å². The monoisotopic (exact) mass is 546 g/mol. The summed E-state index contributed by atoms with van der Waals surface area (Å²) in [5.74, 6) is -0.512. The Morgan fingerprint density at radius 1 is 0.949 bits per heavy atom. The lowest BCUT2D eigenvalue weighted by Gasteiger charge is -2.37. The SMILES string of the molecule is CCCCN1C(=O)N[C@H](c2cccc(NC(=O)Nc3ccc(Cl)cc3)c2)C(C(=O)OCC)=C1c1ccccc1. The molecule has 1 aliphatic heterocycles. The molecule has 0 aromatic heterocycles. The van der Waals surface area contributed by atoms with E-state index in [0.717, 1.165) is 18.4 Å². The minimum atomic E-state index is -0.786. The summed E-state index contributed by atoms with van der Waals surface area (Å²) in [5, 5.41) is 9.12. The van der Waals surface area contributed by atoms with Crippen molar-refractivity contribution in [3.63, 3.8) is 0 Å². The quantitative estimate of drug-likeness (QED) is 0.256. The second kappa shape index (κ2) is 13.0. The summed E-state index contributed by atoms with van der Waals surface area (Å²) < 4.78 is 5.48. The van der Waals surface area contributed by atoms with E-state index in [9.17, 15) is 14.4 Å². The molecule has 3 aromatic rings. The summed E-state index contributed by atoms with van der Waals surface area (Å²) in [7, 11) is 0.